The second kappa shape index (κ2) is 6.67. The van der Waals surface area contributed by atoms with E-state index in [4.69, 9.17) is 4.42 Å². The standard InChI is InChI=1S/C17H13FN2O3S/c1-10-8-9-23-15(10)17(22)20-19-16(21)14-7-6-13(24-14)11-2-4-12(18)5-3-11/h2-9H,1H3,(H,19,21)(H,20,22). The predicted octanol–water partition coefficient (Wildman–Crippen LogP) is 3.53. The third kappa shape index (κ3) is 3.36. The van der Waals surface area contributed by atoms with Crippen LogP contribution in [0.5, 0.6) is 0 Å². The smallest absolute Gasteiger partial charge is 0.305 e. The van der Waals surface area contributed by atoms with Gasteiger partial charge in [-0.05, 0) is 42.8 Å². The molecule has 3 rings (SSSR count). The van der Waals surface area contributed by atoms with Crippen molar-refractivity contribution in [3.8, 4) is 10.4 Å². The topological polar surface area (TPSA) is 71.3 Å². The van der Waals surface area contributed by atoms with Crippen LogP contribution in [0.2, 0.25) is 0 Å². The molecular formula is C17H13FN2O3S. The molecule has 122 valence electrons. The number of hydrazine groups is 1. The largest absolute Gasteiger partial charge is 0.459 e. The fraction of sp³-hybridized carbons (Fsp3) is 0.0588. The summed E-state index contributed by atoms with van der Waals surface area (Å²) < 4.78 is 18.0. The van der Waals surface area contributed by atoms with Crippen LogP contribution in [0, 0.1) is 12.7 Å². The lowest BCUT2D eigenvalue weighted by Gasteiger charge is -2.04. The van der Waals surface area contributed by atoms with Crippen LogP contribution in [-0.4, -0.2) is 11.8 Å². The van der Waals surface area contributed by atoms with E-state index in [2.05, 4.69) is 10.9 Å². The summed E-state index contributed by atoms with van der Waals surface area (Å²) in [7, 11) is 0. The maximum Gasteiger partial charge on any atom is 0.305 e. The van der Waals surface area contributed by atoms with Crippen molar-refractivity contribution in [2.45, 2.75) is 6.92 Å². The molecule has 0 bridgehead atoms. The highest BCUT2D eigenvalue weighted by Crippen LogP contribution is 2.28. The molecule has 2 heterocycles. The van der Waals surface area contributed by atoms with Gasteiger partial charge in [0.25, 0.3) is 5.91 Å². The Morgan fingerprint density at radius 1 is 1.00 bits per heavy atom. The number of hydrogen-bond donors (Lipinski definition) is 2. The highest BCUT2D eigenvalue weighted by atomic mass is 32.1. The monoisotopic (exact) mass is 344 g/mol. The Morgan fingerprint density at radius 3 is 2.38 bits per heavy atom. The van der Waals surface area contributed by atoms with E-state index >= 15 is 0 Å². The van der Waals surface area contributed by atoms with Gasteiger partial charge >= 0.3 is 5.91 Å². The van der Waals surface area contributed by atoms with Crippen molar-refractivity contribution >= 4 is 23.2 Å². The summed E-state index contributed by atoms with van der Waals surface area (Å²) in [5.74, 6) is -1.13. The van der Waals surface area contributed by atoms with Crippen LogP contribution in [0.3, 0.4) is 0 Å². The van der Waals surface area contributed by atoms with Gasteiger partial charge in [-0.1, -0.05) is 12.1 Å². The lowest BCUT2D eigenvalue weighted by atomic mass is 10.2. The molecule has 0 saturated heterocycles. The number of rotatable bonds is 3. The van der Waals surface area contributed by atoms with Gasteiger partial charge in [0.15, 0.2) is 5.76 Å². The van der Waals surface area contributed by atoms with Gasteiger partial charge in [-0.25, -0.2) is 4.39 Å². The van der Waals surface area contributed by atoms with E-state index in [-0.39, 0.29) is 11.6 Å². The molecule has 0 aliphatic heterocycles. The van der Waals surface area contributed by atoms with Gasteiger partial charge in [0.2, 0.25) is 0 Å². The number of carbonyl (C=O) groups excluding carboxylic acids is 2. The highest BCUT2D eigenvalue weighted by Gasteiger charge is 2.15. The number of thiophene rings is 1. The van der Waals surface area contributed by atoms with Gasteiger partial charge in [0.05, 0.1) is 11.1 Å². The van der Waals surface area contributed by atoms with Crippen molar-refractivity contribution in [2.75, 3.05) is 0 Å². The summed E-state index contributed by atoms with van der Waals surface area (Å²) >= 11 is 1.24. The van der Waals surface area contributed by atoms with Crippen molar-refractivity contribution in [3.63, 3.8) is 0 Å². The number of hydrogen-bond acceptors (Lipinski definition) is 4. The zero-order chi connectivity index (χ0) is 17.1. The maximum absolute atomic E-state index is 12.9. The zero-order valence-corrected chi connectivity index (χ0v) is 13.4. The zero-order valence-electron chi connectivity index (χ0n) is 12.6. The van der Waals surface area contributed by atoms with E-state index in [1.807, 2.05) is 0 Å². The lowest BCUT2D eigenvalue weighted by Crippen LogP contribution is -2.41. The number of halogens is 1. The first-order chi connectivity index (χ1) is 11.5. The molecule has 0 aliphatic rings. The number of furan rings is 1. The summed E-state index contributed by atoms with van der Waals surface area (Å²) in [4.78, 5) is 25.2. The molecule has 0 unspecified atom stereocenters. The number of benzene rings is 1. The first-order valence-electron chi connectivity index (χ1n) is 7.05. The van der Waals surface area contributed by atoms with E-state index < -0.39 is 11.8 Å². The Morgan fingerprint density at radius 2 is 1.71 bits per heavy atom. The number of carbonyl (C=O) groups is 2. The Hall–Kier alpha value is -2.93. The van der Waals surface area contributed by atoms with Gasteiger partial charge in [0, 0.05) is 10.4 Å². The Kier molecular flexibility index (Phi) is 4.43. The SMILES string of the molecule is Cc1ccoc1C(=O)NNC(=O)c1ccc(-c2ccc(F)cc2)s1. The van der Waals surface area contributed by atoms with E-state index in [9.17, 15) is 14.0 Å². The third-order valence-electron chi connectivity index (χ3n) is 3.32. The molecule has 0 spiro atoms. The molecule has 24 heavy (non-hydrogen) atoms. The summed E-state index contributed by atoms with van der Waals surface area (Å²) in [6.45, 7) is 1.73. The molecule has 0 aliphatic carbocycles. The highest BCUT2D eigenvalue weighted by molar-refractivity contribution is 7.17. The lowest BCUT2D eigenvalue weighted by molar-refractivity contribution is 0.0832. The Bertz CT molecular complexity index is 883. The Labute approximate surface area is 141 Å². The average molecular weight is 344 g/mol. The molecule has 0 atom stereocenters. The van der Waals surface area contributed by atoms with Crippen LogP contribution in [-0.2, 0) is 0 Å². The van der Waals surface area contributed by atoms with Crippen LogP contribution < -0.4 is 10.9 Å². The first kappa shape index (κ1) is 15.9. The quantitative estimate of drug-likeness (QED) is 0.714. The second-order valence-electron chi connectivity index (χ2n) is 5.01. The van der Waals surface area contributed by atoms with Crippen LogP contribution in [0.4, 0.5) is 4.39 Å². The van der Waals surface area contributed by atoms with E-state index in [1.54, 1.807) is 37.3 Å². The summed E-state index contributed by atoms with van der Waals surface area (Å²) in [6, 6.07) is 11.1. The fourth-order valence-electron chi connectivity index (χ4n) is 2.07. The third-order valence-corrected chi connectivity index (χ3v) is 4.45. The molecule has 0 fully saturated rings. The number of amides is 2. The van der Waals surface area contributed by atoms with E-state index in [0.29, 0.717) is 10.4 Å². The average Bonchev–Trinajstić information content (AvgIpc) is 3.22. The van der Waals surface area contributed by atoms with Crippen molar-refractivity contribution in [1.29, 1.82) is 0 Å². The molecule has 0 saturated carbocycles. The molecule has 7 heteroatoms. The van der Waals surface area contributed by atoms with Crippen molar-refractivity contribution in [1.82, 2.24) is 10.9 Å². The molecule has 2 N–H and O–H groups in total. The van der Waals surface area contributed by atoms with Crippen LogP contribution in [0.15, 0.2) is 53.1 Å². The van der Waals surface area contributed by atoms with Crippen LogP contribution >= 0.6 is 11.3 Å². The maximum atomic E-state index is 12.9. The minimum atomic E-state index is -0.527. The number of nitrogens with one attached hydrogen (secondary N) is 2. The minimum Gasteiger partial charge on any atom is -0.459 e. The van der Waals surface area contributed by atoms with Crippen molar-refractivity contribution in [2.24, 2.45) is 0 Å². The molecule has 1 aromatic carbocycles. The van der Waals surface area contributed by atoms with Crippen LogP contribution in [0.1, 0.15) is 25.8 Å². The van der Waals surface area contributed by atoms with Crippen molar-refractivity contribution in [3.05, 3.63) is 70.7 Å². The molecular weight excluding hydrogens is 331 g/mol. The molecule has 0 radical (unpaired) electrons. The van der Waals surface area contributed by atoms with Gasteiger partial charge < -0.3 is 4.42 Å². The summed E-state index contributed by atoms with van der Waals surface area (Å²) in [5, 5.41) is 0. The van der Waals surface area contributed by atoms with Gasteiger partial charge in [-0.15, -0.1) is 11.3 Å². The fourth-order valence-corrected chi connectivity index (χ4v) is 2.97. The predicted molar refractivity (Wildman–Crippen MR) is 88.1 cm³/mol. The van der Waals surface area contributed by atoms with E-state index in [0.717, 1.165) is 10.4 Å². The normalized spacial score (nSPS) is 10.4. The minimum absolute atomic E-state index is 0.147. The summed E-state index contributed by atoms with van der Waals surface area (Å²) in [6.07, 6.45) is 1.40. The first-order valence-corrected chi connectivity index (χ1v) is 7.87. The molecule has 5 nitrogen and oxygen atoms in total. The Balaban J connectivity index is 1.65. The van der Waals surface area contributed by atoms with Gasteiger partial charge in [-0.3, -0.25) is 20.4 Å². The second-order valence-corrected chi connectivity index (χ2v) is 6.10. The molecule has 2 aromatic heterocycles. The van der Waals surface area contributed by atoms with Gasteiger partial charge in [-0.2, -0.15) is 0 Å². The summed E-state index contributed by atoms with van der Waals surface area (Å²) in [5.41, 5.74) is 6.14. The van der Waals surface area contributed by atoms with E-state index in [1.165, 1.54) is 29.7 Å². The van der Waals surface area contributed by atoms with Gasteiger partial charge in [0.1, 0.15) is 5.82 Å². The number of aryl methyl sites for hydroxylation is 1. The van der Waals surface area contributed by atoms with Crippen molar-refractivity contribution < 1.29 is 18.4 Å². The van der Waals surface area contributed by atoms with Crippen LogP contribution in [0.25, 0.3) is 10.4 Å². The molecule has 2 amide bonds. The molecule has 3 aromatic rings.